The van der Waals surface area contributed by atoms with Crippen LogP contribution < -0.4 is 11.1 Å². The first-order valence-corrected chi connectivity index (χ1v) is 18.0. The van der Waals surface area contributed by atoms with Crippen molar-refractivity contribution in [1.82, 2.24) is 10.2 Å². The van der Waals surface area contributed by atoms with Crippen LogP contribution in [-0.2, 0) is 4.74 Å². The molecule has 47 heavy (non-hydrogen) atoms. The lowest BCUT2D eigenvalue weighted by molar-refractivity contribution is 0.206. The molecule has 0 saturated carbocycles. The van der Waals surface area contributed by atoms with Gasteiger partial charge in [0.05, 0.1) is 23.7 Å². The van der Waals surface area contributed by atoms with Crippen LogP contribution in [0, 0.1) is 17.2 Å². The number of nitrogens with zero attached hydrogens (tertiary/aromatic N) is 3. The Bertz CT molecular complexity index is 1540. The van der Waals surface area contributed by atoms with Crippen molar-refractivity contribution in [2.45, 2.75) is 105 Å². The average Bonchev–Trinajstić information content (AvgIpc) is 3.81. The molecular formula is C37H51F2N5O2S. The first-order valence-electron chi connectivity index (χ1n) is 17.2. The Balaban J connectivity index is 0.00000118. The Kier molecular flexibility index (Phi) is 13.0. The van der Waals surface area contributed by atoms with Crippen molar-refractivity contribution in [2.75, 3.05) is 32.1 Å². The highest BCUT2D eigenvalue weighted by Gasteiger charge is 2.42. The van der Waals surface area contributed by atoms with Gasteiger partial charge < -0.3 is 25.8 Å². The van der Waals surface area contributed by atoms with Gasteiger partial charge in [-0.2, -0.15) is 5.26 Å². The molecule has 1 aromatic heterocycles. The zero-order valence-corrected chi connectivity index (χ0v) is 29.6. The van der Waals surface area contributed by atoms with Gasteiger partial charge in [0.2, 0.25) is 0 Å². The summed E-state index contributed by atoms with van der Waals surface area (Å²) in [6.45, 7) is 13.7. The summed E-state index contributed by atoms with van der Waals surface area (Å²) >= 11 is 1.02. The molecule has 3 unspecified atom stereocenters. The third-order valence-electron chi connectivity index (χ3n) is 9.60. The molecule has 1 aliphatic carbocycles. The summed E-state index contributed by atoms with van der Waals surface area (Å²) in [4.78, 5) is 7.60. The predicted octanol–water partition coefficient (Wildman–Crippen LogP) is 8.56. The van der Waals surface area contributed by atoms with Crippen molar-refractivity contribution in [1.29, 1.82) is 5.26 Å². The summed E-state index contributed by atoms with van der Waals surface area (Å²) in [5, 5.41) is 21.6. The zero-order chi connectivity index (χ0) is 34.2. The number of unbranched alkanes of at least 4 members (excludes halogenated alkanes) is 3. The maximum Gasteiger partial charge on any atom is 0.199 e. The number of likely N-dealkylation sites (tertiary alicyclic amines) is 1. The van der Waals surface area contributed by atoms with Crippen LogP contribution in [0.15, 0.2) is 51.0 Å². The second-order valence-corrected chi connectivity index (χ2v) is 13.7. The molecule has 0 radical (unpaired) electrons. The standard InChI is InChI=1S/C34H43F2N5OS.C3H8O/c1-6-9-10-11-12-26-20(5)13-14-41(26)34-39-16-22-23-17-42-18-24(23)28(30(36)31(22)40-34)27(19(4)7-2)29-21(15-37)33(38)43-32(29)25(35)8-3;1-2-3-4/h8,16,20,26,31H,6-7,9-14,17-18,38H2,1-5H3,(H,39,40);4H,2-3H2,1H3/b25-8+,27-19+;. The monoisotopic (exact) mass is 667 g/mol. The molecule has 5 rings (SSSR count). The Morgan fingerprint density at radius 2 is 1.96 bits per heavy atom. The summed E-state index contributed by atoms with van der Waals surface area (Å²) in [6, 6.07) is 1.69. The number of rotatable bonds is 10. The van der Waals surface area contributed by atoms with E-state index in [1.54, 1.807) is 6.92 Å². The van der Waals surface area contributed by atoms with E-state index in [0.717, 1.165) is 59.4 Å². The van der Waals surface area contributed by atoms with Crippen LogP contribution in [-0.4, -0.2) is 54.4 Å². The summed E-state index contributed by atoms with van der Waals surface area (Å²) in [5.41, 5.74) is 10.9. The van der Waals surface area contributed by atoms with E-state index in [1.165, 1.54) is 31.8 Å². The van der Waals surface area contributed by atoms with E-state index in [0.29, 0.717) is 54.3 Å². The van der Waals surface area contributed by atoms with Crippen LogP contribution in [0.2, 0.25) is 0 Å². The molecule has 1 fully saturated rings. The minimum Gasteiger partial charge on any atom is -0.396 e. The molecule has 4 N–H and O–H groups in total. The second-order valence-electron chi connectivity index (χ2n) is 12.7. The van der Waals surface area contributed by atoms with Gasteiger partial charge in [-0.1, -0.05) is 65.0 Å². The molecule has 0 amide bonds. The lowest BCUT2D eigenvalue weighted by Gasteiger charge is -2.35. The van der Waals surface area contributed by atoms with Gasteiger partial charge in [-0.3, -0.25) is 0 Å². The number of nitrogens with one attached hydrogen (secondary N) is 1. The van der Waals surface area contributed by atoms with Crippen LogP contribution in [0.5, 0.6) is 0 Å². The molecule has 0 aromatic carbocycles. The topological polar surface area (TPSA) is 107 Å². The Hall–Kier alpha value is -3.26. The maximum absolute atomic E-state index is 17.2. The number of aliphatic imine (C=N–C) groups is 1. The third-order valence-corrected chi connectivity index (χ3v) is 10.6. The quantitative estimate of drug-likeness (QED) is 0.216. The number of nitrogens with two attached hydrogens (primary N) is 1. The van der Waals surface area contributed by atoms with Crippen molar-refractivity contribution in [3.63, 3.8) is 0 Å². The summed E-state index contributed by atoms with van der Waals surface area (Å²) in [7, 11) is 0. The van der Waals surface area contributed by atoms with Gasteiger partial charge in [0.1, 0.15) is 28.8 Å². The van der Waals surface area contributed by atoms with Gasteiger partial charge in [0, 0.05) is 42.1 Å². The average molecular weight is 668 g/mol. The van der Waals surface area contributed by atoms with Crippen molar-refractivity contribution >= 4 is 33.7 Å². The highest BCUT2D eigenvalue weighted by atomic mass is 32.1. The normalized spacial score (nSPS) is 22.9. The Morgan fingerprint density at radius 1 is 1.23 bits per heavy atom. The largest absolute Gasteiger partial charge is 0.396 e. The van der Waals surface area contributed by atoms with Gasteiger partial charge in [0.15, 0.2) is 5.96 Å². The molecule has 4 heterocycles. The van der Waals surface area contributed by atoms with Gasteiger partial charge in [0.25, 0.3) is 0 Å². The van der Waals surface area contributed by atoms with Crippen LogP contribution in [0.25, 0.3) is 11.4 Å². The fraction of sp³-hybridized carbons (Fsp3) is 0.568. The molecule has 3 aliphatic heterocycles. The number of hydrogen-bond acceptors (Lipinski definition) is 8. The number of fused-ring (bicyclic) bond motifs is 2. The van der Waals surface area contributed by atoms with Crippen molar-refractivity contribution in [3.8, 4) is 6.07 Å². The molecule has 1 saturated heterocycles. The highest BCUT2D eigenvalue weighted by Crippen LogP contribution is 2.51. The number of halogens is 2. The molecule has 0 spiro atoms. The molecule has 0 bridgehead atoms. The fourth-order valence-corrected chi connectivity index (χ4v) is 7.82. The molecule has 4 aliphatic rings. The number of allylic oxidation sites excluding steroid dienone is 3. The molecule has 1 aromatic rings. The number of anilines is 1. The minimum atomic E-state index is -0.848. The molecule has 3 atom stereocenters. The van der Waals surface area contributed by atoms with Crippen molar-refractivity contribution < 1.29 is 18.6 Å². The fourth-order valence-electron chi connectivity index (χ4n) is 6.83. The van der Waals surface area contributed by atoms with E-state index >= 15 is 8.78 Å². The molecule has 10 heteroatoms. The number of aliphatic hydroxyl groups is 1. The molecular weight excluding hydrogens is 617 g/mol. The number of guanidine groups is 1. The Labute approximate surface area is 283 Å². The molecule has 256 valence electrons. The van der Waals surface area contributed by atoms with Gasteiger partial charge in [-0.15, -0.1) is 11.3 Å². The zero-order valence-electron chi connectivity index (χ0n) is 28.8. The van der Waals surface area contributed by atoms with E-state index in [2.05, 4.69) is 30.1 Å². The predicted molar refractivity (Wildman–Crippen MR) is 190 cm³/mol. The summed E-state index contributed by atoms with van der Waals surface area (Å²) in [6.07, 6.45) is 11.7. The van der Waals surface area contributed by atoms with Crippen molar-refractivity contribution in [2.24, 2.45) is 10.9 Å². The van der Waals surface area contributed by atoms with Crippen molar-refractivity contribution in [3.05, 3.63) is 62.0 Å². The summed E-state index contributed by atoms with van der Waals surface area (Å²) in [5.74, 6) is 0.349. The second kappa shape index (κ2) is 16.7. The highest BCUT2D eigenvalue weighted by molar-refractivity contribution is 7.17. The van der Waals surface area contributed by atoms with Gasteiger partial charge in [-0.05, 0) is 62.2 Å². The number of thiophene rings is 1. The minimum absolute atomic E-state index is 0.175. The smallest absolute Gasteiger partial charge is 0.199 e. The SMILES string of the molecule is C/C=C(/F)c1sc(N)c(C#N)c1/C(C1=C(F)C2N=C(N3CCC(C)C3CCCCCC)NC=C2C2=C1COC2)=C(\C)CC.CCCO. The van der Waals surface area contributed by atoms with Crippen LogP contribution in [0.1, 0.15) is 109 Å². The maximum atomic E-state index is 17.2. The Morgan fingerprint density at radius 3 is 2.60 bits per heavy atom. The number of nitrogen functional groups attached to an aromatic ring is 1. The first kappa shape index (κ1) is 36.6. The lowest BCUT2D eigenvalue weighted by Crippen LogP contribution is -2.46. The molecule has 7 nitrogen and oxygen atoms in total. The number of nitriles is 1. The summed E-state index contributed by atoms with van der Waals surface area (Å²) < 4.78 is 38.4. The van der Waals surface area contributed by atoms with Crippen LogP contribution in [0.3, 0.4) is 0 Å². The lowest BCUT2D eigenvalue weighted by atomic mass is 9.78. The third kappa shape index (κ3) is 7.43. The first-order chi connectivity index (χ1) is 22.7. The van der Waals surface area contributed by atoms with E-state index in [1.807, 2.05) is 27.0 Å². The van der Waals surface area contributed by atoms with Crippen LogP contribution in [0.4, 0.5) is 13.8 Å². The number of ether oxygens (including phenoxy) is 1. The number of aliphatic hydroxyl groups excluding tert-OH is 1. The van der Waals surface area contributed by atoms with Gasteiger partial charge in [-0.25, -0.2) is 13.8 Å². The van der Waals surface area contributed by atoms with E-state index < -0.39 is 17.7 Å². The van der Waals surface area contributed by atoms with E-state index in [9.17, 15) is 5.26 Å². The van der Waals surface area contributed by atoms with E-state index in [-0.39, 0.29) is 22.0 Å². The van der Waals surface area contributed by atoms with E-state index in [4.69, 9.17) is 20.6 Å². The number of hydrogen-bond donors (Lipinski definition) is 3. The van der Waals surface area contributed by atoms with Gasteiger partial charge >= 0.3 is 0 Å². The van der Waals surface area contributed by atoms with Crippen LogP contribution >= 0.6 is 11.3 Å².